The number of benzene rings is 1. The SMILES string of the molecule is CCCC/C=C(\B1OC(C)(C)C(C)(C)O1)C(OC(C)=O)c1ccc(F)cc1. The summed E-state index contributed by atoms with van der Waals surface area (Å²) in [5.74, 6) is -0.755. The standard InChI is InChI=1S/C21H30BFO4/c1-7-8-9-10-18(22-26-20(3,4)21(5,6)27-22)19(25-15(2)24)16-11-13-17(23)14-12-16/h10-14,19H,7-9H2,1-6H3/b18-10-. The molecule has 0 radical (unpaired) electrons. The maximum atomic E-state index is 13.4. The van der Waals surface area contributed by atoms with Crippen molar-refractivity contribution in [3.05, 3.63) is 47.2 Å². The van der Waals surface area contributed by atoms with Crippen LogP contribution in [0.4, 0.5) is 4.39 Å². The van der Waals surface area contributed by atoms with E-state index >= 15 is 0 Å². The smallest absolute Gasteiger partial charge is 0.454 e. The fourth-order valence-corrected chi connectivity index (χ4v) is 2.91. The molecule has 1 atom stereocenters. The van der Waals surface area contributed by atoms with Crippen LogP contribution in [-0.4, -0.2) is 24.3 Å². The Kier molecular flexibility index (Phi) is 6.87. The summed E-state index contributed by atoms with van der Waals surface area (Å²) in [7, 11) is -0.638. The Balaban J connectivity index is 2.44. The lowest BCUT2D eigenvalue weighted by atomic mass is 9.72. The third-order valence-electron chi connectivity index (χ3n) is 5.22. The van der Waals surface area contributed by atoms with Crippen LogP contribution in [-0.2, 0) is 18.8 Å². The molecule has 1 aromatic rings. The van der Waals surface area contributed by atoms with E-state index in [1.807, 2.05) is 33.8 Å². The van der Waals surface area contributed by atoms with Crippen molar-refractivity contribution in [2.75, 3.05) is 0 Å². The van der Waals surface area contributed by atoms with Crippen molar-refractivity contribution in [3.8, 4) is 0 Å². The van der Waals surface area contributed by atoms with Gasteiger partial charge >= 0.3 is 13.1 Å². The fraction of sp³-hybridized carbons (Fsp3) is 0.571. The van der Waals surface area contributed by atoms with Crippen molar-refractivity contribution in [2.45, 2.75) is 78.1 Å². The Hall–Kier alpha value is -1.66. The Morgan fingerprint density at radius 3 is 2.22 bits per heavy atom. The van der Waals surface area contributed by atoms with Gasteiger partial charge in [0.15, 0.2) is 0 Å². The van der Waals surface area contributed by atoms with Gasteiger partial charge in [-0.2, -0.15) is 0 Å². The van der Waals surface area contributed by atoms with Crippen LogP contribution in [0.2, 0.25) is 0 Å². The molecule has 1 aliphatic rings. The average molecular weight is 376 g/mol. The number of carbonyl (C=O) groups excluding carboxylic acids is 1. The van der Waals surface area contributed by atoms with Crippen LogP contribution in [0.1, 0.15) is 72.5 Å². The molecule has 1 aromatic carbocycles. The van der Waals surface area contributed by atoms with E-state index in [0.29, 0.717) is 5.56 Å². The summed E-state index contributed by atoms with van der Waals surface area (Å²) in [5, 5.41) is 0. The quantitative estimate of drug-likeness (QED) is 0.374. The largest absolute Gasteiger partial charge is 0.494 e. The van der Waals surface area contributed by atoms with E-state index in [0.717, 1.165) is 24.7 Å². The highest BCUT2D eigenvalue weighted by atomic mass is 19.1. The summed E-state index contributed by atoms with van der Waals surface area (Å²) in [6, 6.07) is 5.98. The van der Waals surface area contributed by atoms with Gasteiger partial charge in [0.05, 0.1) is 11.2 Å². The number of halogens is 1. The molecule has 148 valence electrons. The number of hydrogen-bond acceptors (Lipinski definition) is 4. The van der Waals surface area contributed by atoms with Crippen LogP contribution < -0.4 is 0 Å². The Bertz CT molecular complexity index is 666. The first-order valence-corrected chi connectivity index (χ1v) is 9.55. The lowest BCUT2D eigenvalue weighted by Crippen LogP contribution is -2.41. The van der Waals surface area contributed by atoms with Gasteiger partial charge in [0, 0.05) is 12.4 Å². The van der Waals surface area contributed by atoms with E-state index in [9.17, 15) is 9.18 Å². The highest BCUT2D eigenvalue weighted by molar-refractivity contribution is 6.55. The average Bonchev–Trinajstić information content (AvgIpc) is 2.78. The van der Waals surface area contributed by atoms with Crippen LogP contribution in [0.15, 0.2) is 35.8 Å². The number of esters is 1. The van der Waals surface area contributed by atoms with Gasteiger partial charge in [-0.3, -0.25) is 4.79 Å². The molecule has 0 bridgehead atoms. The van der Waals surface area contributed by atoms with Gasteiger partial charge in [-0.15, -0.1) is 0 Å². The molecule has 0 aliphatic carbocycles. The van der Waals surface area contributed by atoms with Gasteiger partial charge in [0.1, 0.15) is 11.9 Å². The highest BCUT2D eigenvalue weighted by Gasteiger charge is 2.53. The summed E-state index contributed by atoms with van der Waals surface area (Å²) < 4.78 is 31.4. The molecular weight excluding hydrogens is 346 g/mol. The summed E-state index contributed by atoms with van der Waals surface area (Å²) in [6.45, 7) is 11.4. The summed E-state index contributed by atoms with van der Waals surface area (Å²) >= 11 is 0. The molecule has 27 heavy (non-hydrogen) atoms. The predicted octanol–water partition coefficient (Wildman–Crippen LogP) is 5.18. The second-order valence-corrected chi connectivity index (χ2v) is 7.98. The van der Waals surface area contributed by atoms with E-state index in [-0.39, 0.29) is 5.82 Å². The van der Waals surface area contributed by atoms with Crippen molar-refractivity contribution in [3.63, 3.8) is 0 Å². The number of hydrogen-bond donors (Lipinski definition) is 0. The molecule has 1 saturated heterocycles. The Labute approximate surface area is 162 Å². The summed E-state index contributed by atoms with van der Waals surface area (Å²) in [5.41, 5.74) is 0.406. The van der Waals surface area contributed by atoms with Crippen molar-refractivity contribution < 1.29 is 23.2 Å². The minimum atomic E-state index is -0.686. The molecule has 1 aliphatic heterocycles. The second kappa shape index (κ2) is 8.57. The minimum absolute atomic E-state index is 0.340. The molecule has 0 aromatic heterocycles. The van der Waals surface area contributed by atoms with Crippen molar-refractivity contribution >= 4 is 13.1 Å². The van der Waals surface area contributed by atoms with Gasteiger partial charge in [-0.1, -0.05) is 38.0 Å². The molecule has 0 spiro atoms. The van der Waals surface area contributed by atoms with E-state index < -0.39 is 30.4 Å². The van der Waals surface area contributed by atoms with Crippen LogP contribution in [0, 0.1) is 5.82 Å². The Morgan fingerprint density at radius 2 is 1.74 bits per heavy atom. The molecular formula is C21H30BFO4. The number of allylic oxidation sites excluding steroid dienone is 1. The molecule has 1 heterocycles. The van der Waals surface area contributed by atoms with Crippen LogP contribution in [0.5, 0.6) is 0 Å². The number of ether oxygens (including phenoxy) is 1. The summed E-state index contributed by atoms with van der Waals surface area (Å²) in [6.07, 6.45) is 4.20. The van der Waals surface area contributed by atoms with Gasteiger partial charge in [0.25, 0.3) is 0 Å². The number of unbranched alkanes of at least 4 members (excludes halogenated alkanes) is 2. The lowest BCUT2D eigenvalue weighted by molar-refractivity contribution is -0.144. The maximum Gasteiger partial charge on any atom is 0.494 e. The zero-order valence-electron chi connectivity index (χ0n) is 17.2. The molecule has 1 fully saturated rings. The molecule has 2 rings (SSSR count). The second-order valence-electron chi connectivity index (χ2n) is 7.98. The minimum Gasteiger partial charge on any atom is -0.454 e. The zero-order valence-corrected chi connectivity index (χ0v) is 17.2. The zero-order chi connectivity index (χ0) is 20.2. The van der Waals surface area contributed by atoms with E-state index in [4.69, 9.17) is 14.0 Å². The fourth-order valence-electron chi connectivity index (χ4n) is 2.91. The van der Waals surface area contributed by atoms with Crippen LogP contribution in [0.25, 0.3) is 0 Å². The molecule has 4 nitrogen and oxygen atoms in total. The van der Waals surface area contributed by atoms with Crippen LogP contribution >= 0.6 is 0 Å². The lowest BCUT2D eigenvalue weighted by Gasteiger charge is -2.32. The maximum absolute atomic E-state index is 13.4. The van der Waals surface area contributed by atoms with Gasteiger partial charge in [-0.25, -0.2) is 4.39 Å². The summed E-state index contributed by atoms with van der Waals surface area (Å²) in [4.78, 5) is 11.8. The molecule has 1 unspecified atom stereocenters. The first-order valence-electron chi connectivity index (χ1n) is 9.55. The molecule has 0 N–H and O–H groups in total. The third kappa shape index (κ3) is 5.20. The highest BCUT2D eigenvalue weighted by Crippen LogP contribution is 2.42. The number of carbonyl (C=O) groups is 1. The van der Waals surface area contributed by atoms with Gasteiger partial charge in [-0.05, 0) is 51.8 Å². The van der Waals surface area contributed by atoms with E-state index in [1.54, 1.807) is 12.1 Å². The topological polar surface area (TPSA) is 44.8 Å². The number of rotatable bonds is 7. The van der Waals surface area contributed by atoms with E-state index in [2.05, 4.69) is 6.92 Å². The molecule has 6 heteroatoms. The molecule has 0 amide bonds. The Morgan fingerprint density at radius 1 is 1.19 bits per heavy atom. The monoisotopic (exact) mass is 376 g/mol. The normalized spacial score (nSPS) is 19.8. The van der Waals surface area contributed by atoms with Crippen molar-refractivity contribution in [1.82, 2.24) is 0 Å². The predicted molar refractivity (Wildman–Crippen MR) is 105 cm³/mol. The first kappa shape index (κ1) is 21.6. The first-order chi connectivity index (χ1) is 12.6. The van der Waals surface area contributed by atoms with Gasteiger partial charge < -0.3 is 14.0 Å². The van der Waals surface area contributed by atoms with Crippen molar-refractivity contribution in [1.29, 1.82) is 0 Å². The molecule has 0 saturated carbocycles. The van der Waals surface area contributed by atoms with E-state index in [1.165, 1.54) is 19.1 Å². The van der Waals surface area contributed by atoms with Crippen molar-refractivity contribution in [2.24, 2.45) is 0 Å². The van der Waals surface area contributed by atoms with Crippen LogP contribution in [0.3, 0.4) is 0 Å². The third-order valence-corrected chi connectivity index (χ3v) is 5.22. The van der Waals surface area contributed by atoms with Gasteiger partial charge in [0.2, 0.25) is 0 Å².